The lowest BCUT2D eigenvalue weighted by Gasteiger charge is -2.19. The summed E-state index contributed by atoms with van der Waals surface area (Å²) < 4.78 is 11.4. The van der Waals surface area contributed by atoms with Crippen molar-refractivity contribution in [3.63, 3.8) is 0 Å². The second kappa shape index (κ2) is 6.91. The van der Waals surface area contributed by atoms with E-state index in [2.05, 4.69) is 36.3 Å². The molecule has 1 aromatic carbocycles. The van der Waals surface area contributed by atoms with Gasteiger partial charge in [0.25, 0.3) is 11.1 Å². The van der Waals surface area contributed by atoms with Gasteiger partial charge in [-0.2, -0.15) is 0 Å². The molecule has 0 bridgehead atoms. The fourth-order valence-corrected chi connectivity index (χ4v) is 3.70. The van der Waals surface area contributed by atoms with E-state index in [1.807, 2.05) is 0 Å². The highest BCUT2D eigenvalue weighted by Crippen LogP contribution is 2.41. The molecule has 2 heterocycles. The summed E-state index contributed by atoms with van der Waals surface area (Å²) in [4.78, 5) is 25.0. The summed E-state index contributed by atoms with van der Waals surface area (Å²) in [5.74, 6) is 0.445. The first-order chi connectivity index (χ1) is 12.4. The predicted molar refractivity (Wildman–Crippen MR) is 100 cm³/mol. The Morgan fingerprint density at radius 2 is 1.31 bits per heavy atom. The van der Waals surface area contributed by atoms with E-state index in [9.17, 15) is 9.59 Å². The summed E-state index contributed by atoms with van der Waals surface area (Å²) in [7, 11) is 3.08. The first-order valence-electron chi connectivity index (χ1n) is 7.84. The van der Waals surface area contributed by atoms with Gasteiger partial charge in [0, 0.05) is 21.8 Å². The second-order valence-electron chi connectivity index (χ2n) is 5.90. The fraction of sp³-hybridized carbons (Fsp3) is 0.294. The van der Waals surface area contributed by atoms with Crippen molar-refractivity contribution in [3.8, 4) is 11.5 Å². The van der Waals surface area contributed by atoms with Crippen LogP contribution in [0, 0.1) is 13.8 Å². The van der Waals surface area contributed by atoms with Gasteiger partial charge in [0.1, 0.15) is 0 Å². The smallest absolute Gasteiger partial charge is 0.268 e. The van der Waals surface area contributed by atoms with Crippen molar-refractivity contribution < 1.29 is 9.47 Å². The Kier molecular flexibility index (Phi) is 4.82. The Bertz CT molecular complexity index is 1010. The van der Waals surface area contributed by atoms with E-state index in [1.165, 1.54) is 7.11 Å². The summed E-state index contributed by atoms with van der Waals surface area (Å²) in [6.07, 6.45) is 0. The molecule has 0 atom stereocenters. The highest BCUT2D eigenvalue weighted by molar-refractivity contribution is 9.10. The molecule has 2 aromatic heterocycles. The number of benzene rings is 1. The summed E-state index contributed by atoms with van der Waals surface area (Å²) in [5.41, 5.74) is 2.38. The molecule has 9 heteroatoms. The minimum absolute atomic E-state index is 0.283. The maximum Gasteiger partial charge on any atom is 0.268 e. The zero-order chi connectivity index (χ0) is 19.0. The molecule has 8 nitrogen and oxygen atoms in total. The molecule has 0 spiro atoms. The Hall–Kier alpha value is -2.68. The van der Waals surface area contributed by atoms with Gasteiger partial charge >= 0.3 is 0 Å². The zero-order valence-electron chi connectivity index (χ0n) is 14.7. The van der Waals surface area contributed by atoms with Gasteiger partial charge in [0.05, 0.1) is 25.3 Å². The van der Waals surface area contributed by atoms with Crippen molar-refractivity contribution in [2.45, 2.75) is 19.8 Å². The Balaban J connectivity index is 2.37. The molecule has 4 N–H and O–H groups in total. The number of rotatable bonds is 5. The van der Waals surface area contributed by atoms with E-state index in [1.54, 1.807) is 33.1 Å². The average molecular weight is 423 g/mol. The van der Waals surface area contributed by atoms with E-state index in [4.69, 9.17) is 9.47 Å². The third kappa shape index (κ3) is 2.88. The van der Waals surface area contributed by atoms with E-state index < -0.39 is 5.92 Å². The first-order valence-corrected chi connectivity index (χ1v) is 8.64. The number of aryl methyl sites for hydroxylation is 2. The van der Waals surface area contributed by atoms with Crippen LogP contribution in [0.25, 0.3) is 0 Å². The van der Waals surface area contributed by atoms with Crippen LogP contribution in [-0.2, 0) is 0 Å². The van der Waals surface area contributed by atoms with Crippen LogP contribution in [0.3, 0.4) is 0 Å². The third-order valence-electron chi connectivity index (χ3n) is 4.42. The van der Waals surface area contributed by atoms with Crippen LogP contribution < -0.4 is 20.6 Å². The normalized spacial score (nSPS) is 11.2. The number of aromatic amines is 4. The van der Waals surface area contributed by atoms with Gasteiger partial charge in [-0.1, -0.05) is 15.9 Å². The summed E-state index contributed by atoms with van der Waals surface area (Å²) in [6, 6.07) is 3.53. The molecule has 138 valence electrons. The molecule has 0 unspecified atom stereocenters. The molecule has 0 saturated carbocycles. The van der Waals surface area contributed by atoms with Crippen LogP contribution in [0.2, 0.25) is 0 Å². The summed E-state index contributed by atoms with van der Waals surface area (Å²) in [6.45, 7) is 3.57. The highest BCUT2D eigenvalue weighted by Gasteiger charge is 2.30. The quantitative estimate of drug-likeness (QED) is 0.504. The van der Waals surface area contributed by atoms with Gasteiger partial charge < -0.3 is 19.7 Å². The van der Waals surface area contributed by atoms with Crippen LogP contribution in [0.4, 0.5) is 0 Å². The lowest BCUT2D eigenvalue weighted by Crippen LogP contribution is -2.20. The number of halogens is 1. The van der Waals surface area contributed by atoms with Crippen molar-refractivity contribution in [2.24, 2.45) is 0 Å². The van der Waals surface area contributed by atoms with Gasteiger partial charge in [-0.3, -0.25) is 19.8 Å². The SMILES string of the molecule is COc1cc(Br)c(C(c2c(C)[nH][nH]c2=O)c2c(C)[nH][nH]c2=O)cc1OC. The number of methoxy groups -OCH3 is 2. The van der Waals surface area contributed by atoms with Crippen molar-refractivity contribution in [1.29, 1.82) is 0 Å². The number of hydrogen-bond donors (Lipinski definition) is 4. The van der Waals surface area contributed by atoms with E-state index in [0.29, 0.717) is 44.0 Å². The van der Waals surface area contributed by atoms with Gasteiger partial charge in [-0.25, -0.2) is 0 Å². The van der Waals surface area contributed by atoms with Crippen molar-refractivity contribution >= 4 is 15.9 Å². The fourth-order valence-electron chi connectivity index (χ4n) is 3.15. The molecule has 0 radical (unpaired) electrons. The van der Waals surface area contributed by atoms with E-state index in [-0.39, 0.29) is 11.1 Å². The number of nitrogens with one attached hydrogen (secondary N) is 4. The molecule has 3 rings (SSSR count). The van der Waals surface area contributed by atoms with Gasteiger partial charge in [-0.15, -0.1) is 0 Å². The van der Waals surface area contributed by atoms with Crippen molar-refractivity contribution in [2.75, 3.05) is 14.2 Å². The molecule has 0 aliphatic rings. The molecule has 0 fully saturated rings. The standard InChI is InChI=1S/C17H19BrN4O4/c1-7-13(16(23)21-19-7)15(14-8(2)20-22-17(14)24)9-5-11(25-3)12(26-4)6-10(9)18/h5-6,15H,1-4H3,(H2,19,21,23)(H2,20,22,24). The van der Waals surface area contributed by atoms with Crippen LogP contribution >= 0.6 is 15.9 Å². The van der Waals surface area contributed by atoms with Crippen LogP contribution in [0.1, 0.15) is 34.0 Å². The lowest BCUT2D eigenvalue weighted by atomic mass is 9.85. The van der Waals surface area contributed by atoms with E-state index >= 15 is 0 Å². The topological polar surface area (TPSA) is 116 Å². The maximum absolute atomic E-state index is 12.5. The number of H-pyrrole nitrogens is 4. The predicted octanol–water partition coefficient (Wildman–Crippen LogP) is 2.30. The number of aromatic nitrogens is 4. The summed E-state index contributed by atoms with van der Waals surface area (Å²) in [5, 5.41) is 10.8. The zero-order valence-corrected chi connectivity index (χ0v) is 16.3. The number of hydrogen-bond acceptors (Lipinski definition) is 4. The van der Waals surface area contributed by atoms with Crippen molar-refractivity contribution in [3.05, 3.63) is 65.4 Å². The molecule has 26 heavy (non-hydrogen) atoms. The second-order valence-corrected chi connectivity index (χ2v) is 6.75. The van der Waals surface area contributed by atoms with Gasteiger partial charge in [0.15, 0.2) is 11.5 Å². The molecular weight excluding hydrogens is 404 g/mol. The molecule has 0 amide bonds. The molecular formula is C17H19BrN4O4. The molecule has 0 saturated heterocycles. The van der Waals surface area contributed by atoms with Gasteiger partial charge in [-0.05, 0) is 31.5 Å². The summed E-state index contributed by atoms with van der Waals surface area (Å²) >= 11 is 3.54. The van der Waals surface area contributed by atoms with Crippen LogP contribution in [0.15, 0.2) is 26.2 Å². The third-order valence-corrected chi connectivity index (χ3v) is 5.10. The molecule has 3 aromatic rings. The molecule has 0 aliphatic carbocycles. The highest BCUT2D eigenvalue weighted by atomic mass is 79.9. The Morgan fingerprint density at radius 3 is 1.69 bits per heavy atom. The monoisotopic (exact) mass is 422 g/mol. The Labute approximate surface area is 157 Å². The maximum atomic E-state index is 12.5. The van der Waals surface area contributed by atoms with Crippen LogP contribution in [-0.4, -0.2) is 34.6 Å². The van der Waals surface area contributed by atoms with Crippen LogP contribution in [0.5, 0.6) is 11.5 Å². The number of ether oxygens (including phenoxy) is 2. The van der Waals surface area contributed by atoms with Crippen molar-refractivity contribution in [1.82, 2.24) is 20.4 Å². The molecule has 0 aliphatic heterocycles. The first kappa shape index (κ1) is 18.1. The lowest BCUT2D eigenvalue weighted by molar-refractivity contribution is 0.354. The largest absolute Gasteiger partial charge is 0.493 e. The van der Waals surface area contributed by atoms with Gasteiger partial charge in [0.2, 0.25) is 0 Å². The average Bonchev–Trinajstić information content (AvgIpc) is 3.12. The minimum atomic E-state index is -0.603. The minimum Gasteiger partial charge on any atom is -0.493 e. The Morgan fingerprint density at radius 1 is 0.846 bits per heavy atom. The van der Waals surface area contributed by atoms with E-state index in [0.717, 1.165) is 0 Å².